The van der Waals surface area contributed by atoms with E-state index in [0.717, 1.165) is 22.4 Å². The van der Waals surface area contributed by atoms with Crippen molar-refractivity contribution in [1.29, 1.82) is 0 Å². The molecule has 1 aliphatic carbocycles. The number of rotatable bonds is 4. The largest absolute Gasteiger partial charge is 0.378 e. The van der Waals surface area contributed by atoms with E-state index in [9.17, 15) is 13.6 Å². The summed E-state index contributed by atoms with van der Waals surface area (Å²) in [7, 11) is 0. The van der Waals surface area contributed by atoms with Crippen molar-refractivity contribution >= 4 is 16.6 Å². The lowest BCUT2D eigenvalue weighted by atomic mass is 9.65. The molecule has 0 saturated heterocycles. The van der Waals surface area contributed by atoms with E-state index in [1.165, 1.54) is 0 Å². The van der Waals surface area contributed by atoms with Gasteiger partial charge in [0.1, 0.15) is 5.82 Å². The minimum absolute atomic E-state index is 0.156. The van der Waals surface area contributed by atoms with Crippen molar-refractivity contribution in [3.8, 4) is 11.4 Å². The lowest BCUT2D eigenvalue weighted by molar-refractivity contribution is -0.127. The molecule has 3 heterocycles. The Morgan fingerprint density at radius 1 is 1.21 bits per heavy atom. The molecule has 6 rings (SSSR count). The third-order valence-corrected chi connectivity index (χ3v) is 7.07. The summed E-state index contributed by atoms with van der Waals surface area (Å²) in [5.74, 6) is -1.72. The average molecular weight is 463 g/mol. The number of fused-ring (bicyclic) bond motifs is 3. The number of aromatic amines is 1. The predicted octanol–water partition coefficient (Wildman–Crippen LogP) is 4.13. The van der Waals surface area contributed by atoms with Crippen molar-refractivity contribution in [1.82, 2.24) is 30.2 Å². The molecule has 2 aromatic carbocycles. The average Bonchev–Trinajstić information content (AvgIpc) is 3.43. The monoisotopic (exact) mass is 463 g/mol. The highest BCUT2D eigenvalue weighted by Gasteiger charge is 2.61. The third kappa shape index (κ3) is 3.12. The van der Waals surface area contributed by atoms with Gasteiger partial charge in [0, 0.05) is 41.6 Å². The Labute approximate surface area is 193 Å². The van der Waals surface area contributed by atoms with Crippen LogP contribution >= 0.6 is 0 Å². The van der Waals surface area contributed by atoms with E-state index < -0.39 is 11.3 Å². The Kier molecular flexibility index (Phi) is 4.39. The summed E-state index contributed by atoms with van der Waals surface area (Å²) in [4.78, 5) is 18.3. The zero-order valence-corrected chi connectivity index (χ0v) is 18.8. The number of aryl methyl sites for hydroxylation is 1. The molecule has 1 atom stereocenters. The quantitative estimate of drug-likeness (QED) is 0.472. The molecule has 1 aliphatic heterocycles. The molecule has 10 heteroatoms. The van der Waals surface area contributed by atoms with E-state index in [1.807, 2.05) is 50.2 Å². The van der Waals surface area contributed by atoms with Crippen LogP contribution in [0.4, 0.5) is 14.5 Å². The predicted molar refractivity (Wildman–Crippen MR) is 123 cm³/mol. The van der Waals surface area contributed by atoms with Gasteiger partial charge in [-0.05, 0) is 49.2 Å². The first-order valence-corrected chi connectivity index (χ1v) is 11.3. The molecule has 1 saturated carbocycles. The smallest absolute Gasteiger partial charge is 0.261 e. The first-order chi connectivity index (χ1) is 16.3. The van der Waals surface area contributed by atoms with Crippen LogP contribution in [0, 0.1) is 6.92 Å². The number of H-pyrrole nitrogens is 1. The second kappa shape index (κ2) is 7.15. The number of benzene rings is 2. The van der Waals surface area contributed by atoms with Gasteiger partial charge in [-0.15, -0.1) is 10.2 Å². The number of para-hydroxylation sites is 1. The maximum absolute atomic E-state index is 13.9. The summed E-state index contributed by atoms with van der Waals surface area (Å²) in [6.07, 6.45) is 0.0391. The zero-order valence-electron chi connectivity index (χ0n) is 18.8. The van der Waals surface area contributed by atoms with Crippen molar-refractivity contribution in [2.45, 2.75) is 57.0 Å². The molecule has 174 valence electrons. The highest BCUT2D eigenvalue weighted by Crippen LogP contribution is 2.57. The first-order valence-electron chi connectivity index (χ1n) is 11.3. The molecule has 1 fully saturated rings. The van der Waals surface area contributed by atoms with Crippen molar-refractivity contribution in [3.05, 3.63) is 63.7 Å². The van der Waals surface area contributed by atoms with Crippen LogP contribution in [0.3, 0.4) is 0 Å². The highest BCUT2D eigenvalue weighted by molar-refractivity contribution is 5.83. The topological polar surface area (TPSA) is 101 Å². The number of hydrogen-bond donors (Lipinski definition) is 2. The minimum Gasteiger partial charge on any atom is -0.378 e. The Morgan fingerprint density at radius 2 is 2.00 bits per heavy atom. The van der Waals surface area contributed by atoms with E-state index in [4.69, 9.17) is 4.98 Å². The van der Waals surface area contributed by atoms with E-state index in [2.05, 4.69) is 25.9 Å². The number of alkyl halides is 2. The SMILES string of the molecule is Cc1cc([C@@H](C)Nc2ccccc2-c2nn[nH]n2)c2nc3n(c(=O)c2c1)CCC31CC(F)(F)C1. The van der Waals surface area contributed by atoms with Gasteiger partial charge < -0.3 is 5.32 Å². The van der Waals surface area contributed by atoms with Gasteiger partial charge in [0.2, 0.25) is 11.7 Å². The Bertz CT molecular complexity index is 1470. The van der Waals surface area contributed by atoms with Crippen molar-refractivity contribution in [3.63, 3.8) is 0 Å². The number of anilines is 1. The molecule has 34 heavy (non-hydrogen) atoms. The summed E-state index contributed by atoms with van der Waals surface area (Å²) in [6.45, 7) is 4.36. The fraction of sp³-hybridized carbons (Fsp3) is 0.375. The van der Waals surface area contributed by atoms with E-state index in [1.54, 1.807) is 4.57 Å². The van der Waals surface area contributed by atoms with E-state index >= 15 is 0 Å². The van der Waals surface area contributed by atoms with Crippen LogP contribution in [-0.2, 0) is 12.0 Å². The third-order valence-electron chi connectivity index (χ3n) is 7.07. The highest BCUT2D eigenvalue weighted by atomic mass is 19.3. The summed E-state index contributed by atoms with van der Waals surface area (Å²) < 4.78 is 29.3. The Hall–Kier alpha value is -3.69. The Balaban J connectivity index is 1.45. The summed E-state index contributed by atoms with van der Waals surface area (Å²) in [5.41, 5.74) is 3.06. The summed E-state index contributed by atoms with van der Waals surface area (Å²) >= 11 is 0. The van der Waals surface area contributed by atoms with Gasteiger partial charge in [-0.3, -0.25) is 9.36 Å². The number of halogens is 2. The van der Waals surface area contributed by atoms with Crippen molar-refractivity contribution in [2.24, 2.45) is 0 Å². The number of nitrogens with one attached hydrogen (secondary N) is 2. The molecule has 0 radical (unpaired) electrons. The molecular weight excluding hydrogens is 440 g/mol. The number of tetrazole rings is 1. The minimum atomic E-state index is -2.69. The number of aromatic nitrogens is 6. The van der Waals surface area contributed by atoms with Crippen LogP contribution < -0.4 is 10.9 Å². The molecule has 2 aromatic heterocycles. The zero-order chi connectivity index (χ0) is 23.7. The van der Waals surface area contributed by atoms with Gasteiger partial charge in [-0.25, -0.2) is 13.8 Å². The van der Waals surface area contributed by atoms with Gasteiger partial charge >= 0.3 is 0 Å². The van der Waals surface area contributed by atoms with E-state index in [0.29, 0.717) is 35.5 Å². The molecule has 8 nitrogen and oxygen atoms in total. The van der Waals surface area contributed by atoms with Gasteiger partial charge in [-0.2, -0.15) is 5.21 Å². The molecular formula is C24H23F2N7O. The van der Waals surface area contributed by atoms with Gasteiger partial charge in [0.05, 0.1) is 16.9 Å². The summed E-state index contributed by atoms with van der Waals surface area (Å²) in [5, 5.41) is 18.3. The molecule has 0 amide bonds. The fourth-order valence-corrected chi connectivity index (χ4v) is 5.55. The second-order valence-corrected chi connectivity index (χ2v) is 9.53. The molecule has 1 spiro atoms. The lowest BCUT2D eigenvalue weighted by Crippen LogP contribution is -2.49. The summed E-state index contributed by atoms with van der Waals surface area (Å²) in [6, 6.07) is 11.2. The maximum atomic E-state index is 13.9. The number of nitrogens with zero attached hydrogens (tertiary/aromatic N) is 5. The van der Waals surface area contributed by atoms with Gasteiger partial charge in [0.25, 0.3) is 5.56 Å². The second-order valence-electron chi connectivity index (χ2n) is 9.53. The van der Waals surface area contributed by atoms with Crippen LogP contribution in [0.15, 0.2) is 41.2 Å². The molecule has 4 aromatic rings. The normalized spacial score (nSPS) is 18.6. The maximum Gasteiger partial charge on any atom is 0.261 e. The van der Waals surface area contributed by atoms with Crippen LogP contribution in [0.5, 0.6) is 0 Å². The van der Waals surface area contributed by atoms with Gasteiger partial charge in [0.15, 0.2) is 0 Å². The number of hydrogen-bond acceptors (Lipinski definition) is 6. The molecule has 2 aliphatic rings. The van der Waals surface area contributed by atoms with Crippen LogP contribution in [0.2, 0.25) is 0 Å². The Morgan fingerprint density at radius 3 is 2.74 bits per heavy atom. The van der Waals surface area contributed by atoms with Crippen LogP contribution in [0.1, 0.15) is 49.2 Å². The first kappa shape index (κ1) is 20.9. The fourth-order valence-electron chi connectivity index (χ4n) is 5.55. The molecule has 2 N–H and O–H groups in total. The van der Waals surface area contributed by atoms with Crippen molar-refractivity contribution < 1.29 is 8.78 Å². The van der Waals surface area contributed by atoms with Crippen LogP contribution in [0.25, 0.3) is 22.3 Å². The van der Waals surface area contributed by atoms with Crippen LogP contribution in [-0.4, -0.2) is 36.1 Å². The standard InChI is InChI=1S/C24H23F2N7O/c1-13-9-16(14(2)27-18-6-4-3-5-15(18)20-29-31-32-30-20)19-17(10-13)21(34)33-8-7-23(22(33)28-19)11-24(25,26)12-23/h3-6,9-10,14,27H,7-8,11-12H2,1-2H3,(H,29,30,31,32)/t14-/m1/s1. The molecule has 0 bridgehead atoms. The van der Waals surface area contributed by atoms with Crippen molar-refractivity contribution in [2.75, 3.05) is 5.32 Å². The lowest BCUT2D eigenvalue weighted by Gasteiger charge is -2.43. The molecule has 0 unspecified atom stereocenters. The van der Waals surface area contributed by atoms with E-state index in [-0.39, 0.29) is 24.4 Å². The van der Waals surface area contributed by atoms with Gasteiger partial charge in [-0.1, -0.05) is 18.2 Å².